The first-order valence-electron chi connectivity index (χ1n) is 9.84. The number of aromatic nitrogens is 1. The summed E-state index contributed by atoms with van der Waals surface area (Å²) in [7, 11) is 0. The number of carbonyl (C=O) groups excluding carboxylic acids is 2. The summed E-state index contributed by atoms with van der Waals surface area (Å²) in [6.45, 7) is 4.39. The van der Waals surface area contributed by atoms with E-state index in [9.17, 15) is 23.9 Å². The number of Topliss-reactive ketones (excluding diaryl/α,β-unsaturated/α-hetero) is 1. The van der Waals surface area contributed by atoms with Gasteiger partial charge in [-0.1, -0.05) is 12.1 Å². The monoisotopic (exact) mass is 414 g/mol. The molecule has 1 atom stereocenters. The van der Waals surface area contributed by atoms with Gasteiger partial charge < -0.3 is 19.7 Å². The molecule has 1 aromatic carbocycles. The van der Waals surface area contributed by atoms with Crippen molar-refractivity contribution < 1.29 is 23.8 Å². The van der Waals surface area contributed by atoms with Gasteiger partial charge in [-0.3, -0.25) is 14.4 Å². The highest BCUT2D eigenvalue weighted by atomic mass is 19.1. The second kappa shape index (κ2) is 7.05. The Morgan fingerprint density at radius 3 is 2.60 bits per heavy atom. The molecular formula is C22H23FN2O5. The van der Waals surface area contributed by atoms with Crippen molar-refractivity contribution in [3.05, 3.63) is 63.3 Å². The number of hydrogen-bond donors (Lipinski definition) is 2. The van der Waals surface area contributed by atoms with Crippen LogP contribution in [0.3, 0.4) is 0 Å². The summed E-state index contributed by atoms with van der Waals surface area (Å²) in [5.74, 6) is -2.19. The van der Waals surface area contributed by atoms with Crippen LogP contribution in [0.15, 0.2) is 35.3 Å². The molecule has 1 spiro atoms. The van der Waals surface area contributed by atoms with Crippen LogP contribution < -0.4 is 10.7 Å². The minimum atomic E-state index is -0.917. The number of carbonyl (C=O) groups is 2. The number of aromatic hydroxyl groups is 1. The standard InChI is InChI=1S/C22H23FN2O5/c1-21(2)19(28)16-18(27)17(26)15(11-25(16)12-22(21)8-3-9-30-22)20(29)24-10-13-4-6-14(23)7-5-13/h4-7,11,27H,3,8-10,12H2,1-2H3,(H,24,29). The zero-order chi connectivity index (χ0) is 21.7. The maximum absolute atomic E-state index is 13.2. The normalized spacial score (nSPS) is 22.2. The van der Waals surface area contributed by atoms with E-state index < -0.39 is 33.9 Å². The predicted octanol–water partition coefficient (Wildman–Crippen LogP) is 2.39. The third kappa shape index (κ3) is 3.02. The van der Waals surface area contributed by atoms with E-state index in [1.165, 1.54) is 35.0 Å². The molecule has 1 unspecified atom stereocenters. The second-order valence-electron chi connectivity index (χ2n) is 8.41. The third-order valence-corrected chi connectivity index (χ3v) is 6.32. The molecule has 4 rings (SSSR count). The number of fused-ring (bicyclic) bond motifs is 1. The molecule has 7 nitrogen and oxygen atoms in total. The Morgan fingerprint density at radius 1 is 1.27 bits per heavy atom. The summed E-state index contributed by atoms with van der Waals surface area (Å²) in [5, 5.41) is 13.1. The van der Waals surface area contributed by atoms with Crippen molar-refractivity contribution >= 4 is 11.7 Å². The first kappa shape index (κ1) is 20.3. The molecule has 2 aliphatic heterocycles. The van der Waals surface area contributed by atoms with Gasteiger partial charge in [0.1, 0.15) is 17.1 Å². The SMILES string of the molecule is CC1(C)C(=O)c2c(O)c(=O)c(C(=O)NCc3ccc(F)cc3)cn2CC12CCCO2. The van der Waals surface area contributed by atoms with Crippen LogP contribution in [0.5, 0.6) is 5.75 Å². The average Bonchev–Trinajstić information content (AvgIpc) is 3.19. The van der Waals surface area contributed by atoms with Gasteiger partial charge in [0.05, 0.1) is 17.6 Å². The fraction of sp³-hybridized carbons (Fsp3) is 0.409. The van der Waals surface area contributed by atoms with Gasteiger partial charge in [0.2, 0.25) is 5.43 Å². The molecule has 1 amide bonds. The van der Waals surface area contributed by atoms with Crippen molar-refractivity contribution in [3.8, 4) is 5.75 Å². The van der Waals surface area contributed by atoms with E-state index in [0.717, 1.165) is 6.42 Å². The lowest BCUT2D eigenvalue weighted by Crippen LogP contribution is -2.56. The number of pyridine rings is 1. The Kier molecular flexibility index (Phi) is 4.77. The lowest BCUT2D eigenvalue weighted by atomic mass is 9.67. The summed E-state index contributed by atoms with van der Waals surface area (Å²) >= 11 is 0. The number of nitrogens with zero attached hydrogens (tertiary/aromatic N) is 1. The summed E-state index contributed by atoms with van der Waals surface area (Å²) in [6, 6.07) is 5.59. The van der Waals surface area contributed by atoms with Gasteiger partial charge in [0.15, 0.2) is 11.5 Å². The molecule has 0 radical (unpaired) electrons. The van der Waals surface area contributed by atoms with E-state index in [1.54, 1.807) is 13.8 Å². The molecule has 158 valence electrons. The molecule has 1 aromatic heterocycles. The molecule has 0 aliphatic carbocycles. The molecule has 2 aliphatic rings. The van der Waals surface area contributed by atoms with Gasteiger partial charge >= 0.3 is 0 Å². The van der Waals surface area contributed by atoms with Crippen LogP contribution in [-0.2, 0) is 17.8 Å². The molecule has 0 saturated carbocycles. The van der Waals surface area contributed by atoms with Gasteiger partial charge in [-0.2, -0.15) is 0 Å². The van der Waals surface area contributed by atoms with E-state index in [-0.39, 0.29) is 30.1 Å². The maximum atomic E-state index is 13.2. The van der Waals surface area contributed by atoms with Crippen LogP contribution in [0, 0.1) is 11.2 Å². The highest BCUT2D eigenvalue weighted by Gasteiger charge is 2.57. The van der Waals surface area contributed by atoms with Crippen LogP contribution in [0.25, 0.3) is 0 Å². The lowest BCUT2D eigenvalue weighted by molar-refractivity contribution is -0.0877. The Hall–Kier alpha value is -3.00. The Labute approximate surface area is 172 Å². The number of halogens is 1. The third-order valence-electron chi connectivity index (χ3n) is 6.32. The Balaban J connectivity index is 1.68. The highest BCUT2D eigenvalue weighted by molar-refractivity contribution is 6.03. The number of rotatable bonds is 3. The number of amides is 1. The first-order valence-corrected chi connectivity index (χ1v) is 9.84. The van der Waals surface area contributed by atoms with Crippen LogP contribution in [0.1, 0.15) is 53.1 Å². The van der Waals surface area contributed by atoms with Gasteiger partial charge in [-0.05, 0) is 44.4 Å². The highest BCUT2D eigenvalue weighted by Crippen LogP contribution is 2.48. The van der Waals surface area contributed by atoms with Crippen LogP contribution >= 0.6 is 0 Å². The zero-order valence-corrected chi connectivity index (χ0v) is 16.8. The number of nitrogens with one attached hydrogen (secondary N) is 1. The van der Waals surface area contributed by atoms with Crippen molar-refractivity contribution in [2.24, 2.45) is 5.41 Å². The van der Waals surface area contributed by atoms with Crippen molar-refractivity contribution in [2.75, 3.05) is 6.61 Å². The molecular weight excluding hydrogens is 391 g/mol. The predicted molar refractivity (Wildman–Crippen MR) is 106 cm³/mol. The van der Waals surface area contributed by atoms with Crippen LogP contribution in [0.2, 0.25) is 0 Å². The van der Waals surface area contributed by atoms with E-state index >= 15 is 0 Å². The quantitative estimate of drug-likeness (QED) is 0.804. The van der Waals surface area contributed by atoms with Gasteiger partial charge in [0.25, 0.3) is 5.91 Å². The van der Waals surface area contributed by atoms with Gasteiger partial charge in [-0.15, -0.1) is 0 Å². The number of hydrogen-bond acceptors (Lipinski definition) is 5. The van der Waals surface area contributed by atoms with Gasteiger partial charge in [-0.25, -0.2) is 4.39 Å². The van der Waals surface area contributed by atoms with Crippen molar-refractivity contribution in [1.29, 1.82) is 0 Å². The van der Waals surface area contributed by atoms with Gasteiger partial charge in [0, 0.05) is 19.3 Å². The summed E-state index contributed by atoms with van der Waals surface area (Å²) in [6.07, 6.45) is 2.79. The second-order valence-corrected chi connectivity index (χ2v) is 8.41. The van der Waals surface area contributed by atoms with E-state index in [4.69, 9.17) is 4.74 Å². The van der Waals surface area contributed by atoms with E-state index in [2.05, 4.69) is 5.32 Å². The molecule has 1 saturated heterocycles. The van der Waals surface area contributed by atoms with Crippen molar-refractivity contribution in [2.45, 2.75) is 45.4 Å². The molecule has 2 aromatic rings. The fourth-order valence-corrected chi connectivity index (χ4v) is 4.35. The maximum Gasteiger partial charge on any atom is 0.257 e. The molecule has 3 heterocycles. The topological polar surface area (TPSA) is 97.6 Å². The molecule has 30 heavy (non-hydrogen) atoms. The number of ether oxygens (including phenoxy) is 1. The van der Waals surface area contributed by atoms with Crippen molar-refractivity contribution in [1.82, 2.24) is 9.88 Å². The minimum absolute atomic E-state index is 0.0834. The van der Waals surface area contributed by atoms with Crippen LogP contribution in [0.4, 0.5) is 4.39 Å². The largest absolute Gasteiger partial charge is 0.503 e. The molecule has 1 fully saturated rings. The smallest absolute Gasteiger partial charge is 0.257 e. The minimum Gasteiger partial charge on any atom is -0.503 e. The summed E-state index contributed by atoms with van der Waals surface area (Å²) in [4.78, 5) is 38.5. The fourth-order valence-electron chi connectivity index (χ4n) is 4.35. The van der Waals surface area contributed by atoms with Crippen LogP contribution in [-0.4, -0.2) is 33.6 Å². The molecule has 0 bridgehead atoms. The Morgan fingerprint density at radius 2 is 1.97 bits per heavy atom. The Bertz CT molecular complexity index is 1080. The summed E-state index contributed by atoms with van der Waals surface area (Å²) < 4.78 is 20.5. The average molecular weight is 414 g/mol. The summed E-state index contributed by atoms with van der Waals surface area (Å²) in [5.41, 5.74) is -2.27. The molecule has 8 heteroatoms. The number of benzene rings is 1. The molecule has 2 N–H and O–H groups in total. The van der Waals surface area contributed by atoms with E-state index in [0.29, 0.717) is 18.6 Å². The van der Waals surface area contributed by atoms with Crippen molar-refractivity contribution in [3.63, 3.8) is 0 Å². The first-order chi connectivity index (χ1) is 14.2. The lowest BCUT2D eigenvalue weighted by Gasteiger charge is -2.46. The number of ketones is 1. The van der Waals surface area contributed by atoms with E-state index in [1.807, 2.05) is 0 Å². The zero-order valence-electron chi connectivity index (χ0n) is 16.8.